The van der Waals surface area contributed by atoms with E-state index in [0.717, 1.165) is 18.9 Å². The molecule has 0 spiro atoms. The second kappa shape index (κ2) is 4.31. The largest absolute Gasteiger partial charge is 0.364 e. The Morgan fingerprint density at radius 2 is 1.90 bits per heavy atom. The van der Waals surface area contributed by atoms with Crippen LogP contribution < -0.4 is 10.6 Å². The third-order valence-electron chi connectivity index (χ3n) is 3.78. The molecular weight excluding hydrogens is 266 g/mol. The Morgan fingerprint density at radius 1 is 1.19 bits per heavy atom. The van der Waals surface area contributed by atoms with Gasteiger partial charge in [0.15, 0.2) is 11.3 Å². The number of anilines is 1. The molecule has 0 saturated heterocycles. The van der Waals surface area contributed by atoms with Gasteiger partial charge in [-0.15, -0.1) is 0 Å². The first kappa shape index (κ1) is 11.9. The van der Waals surface area contributed by atoms with E-state index in [0.29, 0.717) is 5.65 Å². The number of primary amides is 1. The highest BCUT2D eigenvalue weighted by atomic mass is 16.1. The molecule has 0 bridgehead atoms. The van der Waals surface area contributed by atoms with Crippen LogP contribution in [0.15, 0.2) is 42.9 Å². The van der Waals surface area contributed by atoms with E-state index in [9.17, 15) is 4.79 Å². The van der Waals surface area contributed by atoms with Gasteiger partial charge in [-0.05, 0) is 11.1 Å². The van der Waals surface area contributed by atoms with Crippen LogP contribution in [0.4, 0.5) is 5.82 Å². The molecule has 0 fully saturated rings. The number of nitrogens with two attached hydrogens (primary N) is 1. The molecule has 6 heteroatoms. The Labute approximate surface area is 120 Å². The standard InChI is InChI=1S/C15H13N5O/c16-14(21)13-15(20-6-5-17-7-12(20)18-13)19-8-10-3-1-2-4-11(10)9-19/h1-7H,8-9H2,(H2,16,21). The molecule has 0 atom stereocenters. The van der Waals surface area contributed by atoms with E-state index in [2.05, 4.69) is 27.0 Å². The highest BCUT2D eigenvalue weighted by Gasteiger charge is 2.26. The fourth-order valence-electron chi connectivity index (χ4n) is 2.84. The van der Waals surface area contributed by atoms with Gasteiger partial charge in [0, 0.05) is 25.5 Å². The maximum absolute atomic E-state index is 11.7. The van der Waals surface area contributed by atoms with Gasteiger partial charge in [-0.2, -0.15) is 0 Å². The number of rotatable bonds is 2. The van der Waals surface area contributed by atoms with Crippen LogP contribution in [0, 0.1) is 0 Å². The molecule has 6 nitrogen and oxygen atoms in total. The molecule has 21 heavy (non-hydrogen) atoms. The minimum Gasteiger partial charge on any atom is -0.364 e. The van der Waals surface area contributed by atoms with Gasteiger partial charge < -0.3 is 10.6 Å². The average molecular weight is 279 g/mol. The van der Waals surface area contributed by atoms with Crippen LogP contribution in [0.5, 0.6) is 0 Å². The Morgan fingerprint density at radius 3 is 2.57 bits per heavy atom. The first-order valence-electron chi connectivity index (χ1n) is 6.67. The molecule has 4 rings (SSSR count). The van der Waals surface area contributed by atoms with Gasteiger partial charge in [0.05, 0.1) is 6.20 Å². The molecule has 3 aromatic rings. The fraction of sp³-hybridized carbons (Fsp3) is 0.133. The molecule has 1 aliphatic rings. The number of amides is 1. The predicted octanol–water partition coefficient (Wildman–Crippen LogP) is 1.35. The van der Waals surface area contributed by atoms with Gasteiger partial charge in [0.25, 0.3) is 5.91 Å². The van der Waals surface area contributed by atoms with Crippen molar-refractivity contribution in [2.24, 2.45) is 5.73 Å². The number of hydrogen-bond acceptors (Lipinski definition) is 4. The maximum Gasteiger partial charge on any atom is 0.271 e. The van der Waals surface area contributed by atoms with Crippen LogP contribution in [0.2, 0.25) is 0 Å². The number of benzene rings is 1. The van der Waals surface area contributed by atoms with Gasteiger partial charge in [-0.3, -0.25) is 14.2 Å². The second-order valence-electron chi connectivity index (χ2n) is 5.08. The number of carbonyl (C=O) groups excluding carboxylic acids is 1. The first-order chi connectivity index (χ1) is 10.2. The van der Waals surface area contributed by atoms with Gasteiger partial charge in [-0.1, -0.05) is 24.3 Å². The third-order valence-corrected chi connectivity index (χ3v) is 3.78. The van der Waals surface area contributed by atoms with E-state index in [1.165, 1.54) is 11.1 Å². The summed E-state index contributed by atoms with van der Waals surface area (Å²) in [5, 5.41) is 0. The van der Waals surface area contributed by atoms with Crippen molar-refractivity contribution in [2.75, 3.05) is 4.90 Å². The minimum atomic E-state index is -0.523. The Kier molecular flexibility index (Phi) is 2.44. The highest BCUT2D eigenvalue weighted by molar-refractivity contribution is 5.97. The summed E-state index contributed by atoms with van der Waals surface area (Å²) < 4.78 is 1.86. The number of fused-ring (bicyclic) bond motifs is 2. The molecule has 0 radical (unpaired) electrons. The fourth-order valence-corrected chi connectivity index (χ4v) is 2.84. The summed E-state index contributed by atoms with van der Waals surface area (Å²) in [7, 11) is 0. The summed E-state index contributed by atoms with van der Waals surface area (Å²) in [5.74, 6) is 0.209. The topological polar surface area (TPSA) is 76.5 Å². The zero-order valence-corrected chi connectivity index (χ0v) is 11.2. The zero-order chi connectivity index (χ0) is 14.4. The average Bonchev–Trinajstić information content (AvgIpc) is 3.07. The molecule has 0 unspecified atom stereocenters. The lowest BCUT2D eigenvalue weighted by atomic mass is 10.1. The number of hydrogen-bond donors (Lipinski definition) is 1. The zero-order valence-electron chi connectivity index (χ0n) is 11.2. The molecule has 1 aliphatic heterocycles. The molecule has 0 saturated carbocycles. The Balaban J connectivity index is 1.87. The Hall–Kier alpha value is -2.89. The van der Waals surface area contributed by atoms with Gasteiger partial charge in [-0.25, -0.2) is 4.98 Å². The van der Waals surface area contributed by atoms with Crippen molar-refractivity contribution in [1.82, 2.24) is 14.4 Å². The molecule has 1 amide bonds. The van der Waals surface area contributed by atoms with Crippen molar-refractivity contribution in [3.05, 3.63) is 59.7 Å². The quantitative estimate of drug-likeness (QED) is 0.768. The lowest BCUT2D eigenvalue weighted by molar-refractivity contribution is 0.0996. The van der Waals surface area contributed by atoms with Crippen LogP contribution in [0.25, 0.3) is 5.65 Å². The third kappa shape index (κ3) is 1.76. The van der Waals surface area contributed by atoms with E-state index >= 15 is 0 Å². The van der Waals surface area contributed by atoms with Crippen LogP contribution in [0.1, 0.15) is 21.6 Å². The maximum atomic E-state index is 11.7. The van der Waals surface area contributed by atoms with Crippen molar-refractivity contribution in [1.29, 1.82) is 0 Å². The smallest absolute Gasteiger partial charge is 0.271 e. The Bertz CT molecular complexity index is 829. The van der Waals surface area contributed by atoms with Crippen molar-refractivity contribution < 1.29 is 4.79 Å². The van der Waals surface area contributed by atoms with E-state index in [-0.39, 0.29) is 5.69 Å². The van der Waals surface area contributed by atoms with Crippen molar-refractivity contribution in [3.8, 4) is 0 Å². The van der Waals surface area contributed by atoms with Crippen molar-refractivity contribution in [2.45, 2.75) is 13.1 Å². The monoisotopic (exact) mass is 279 g/mol. The predicted molar refractivity (Wildman–Crippen MR) is 77.8 cm³/mol. The summed E-state index contributed by atoms with van der Waals surface area (Å²) in [5.41, 5.74) is 8.92. The van der Waals surface area contributed by atoms with Gasteiger partial charge >= 0.3 is 0 Å². The van der Waals surface area contributed by atoms with Crippen LogP contribution in [-0.4, -0.2) is 20.3 Å². The van der Waals surface area contributed by atoms with Crippen LogP contribution in [0.3, 0.4) is 0 Å². The normalized spacial score (nSPS) is 13.6. The summed E-state index contributed by atoms with van der Waals surface area (Å²) >= 11 is 0. The number of nitrogens with zero attached hydrogens (tertiary/aromatic N) is 4. The molecule has 2 N–H and O–H groups in total. The van der Waals surface area contributed by atoms with Crippen LogP contribution in [-0.2, 0) is 13.1 Å². The number of aromatic nitrogens is 3. The summed E-state index contributed by atoms with van der Waals surface area (Å²) in [6.07, 6.45) is 5.10. The molecule has 1 aromatic carbocycles. The van der Waals surface area contributed by atoms with E-state index in [1.54, 1.807) is 18.6 Å². The van der Waals surface area contributed by atoms with Crippen molar-refractivity contribution >= 4 is 17.4 Å². The summed E-state index contributed by atoms with van der Waals surface area (Å²) in [6, 6.07) is 8.25. The van der Waals surface area contributed by atoms with E-state index < -0.39 is 5.91 Å². The first-order valence-corrected chi connectivity index (χ1v) is 6.67. The lowest BCUT2D eigenvalue weighted by Gasteiger charge is -2.17. The molecule has 2 aromatic heterocycles. The minimum absolute atomic E-state index is 0.288. The lowest BCUT2D eigenvalue weighted by Crippen LogP contribution is -2.22. The highest BCUT2D eigenvalue weighted by Crippen LogP contribution is 2.30. The van der Waals surface area contributed by atoms with Gasteiger partial charge in [0.1, 0.15) is 5.82 Å². The summed E-state index contributed by atoms with van der Waals surface area (Å²) in [6.45, 7) is 1.49. The molecule has 0 aliphatic carbocycles. The van der Waals surface area contributed by atoms with Gasteiger partial charge in [0.2, 0.25) is 0 Å². The van der Waals surface area contributed by atoms with Crippen LogP contribution >= 0.6 is 0 Å². The number of carbonyl (C=O) groups is 1. The SMILES string of the molecule is NC(=O)c1nc2cnccn2c1N1Cc2ccccc2C1. The van der Waals surface area contributed by atoms with Crippen molar-refractivity contribution in [3.63, 3.8) is 0 Å². The van der Waals surface area contributed by atoms with E-state index in [4.69, 9.17) is 5.73 Å². The molecule has 3 heterocycles. The van der Waals surface area contributed by atoms with E-state index in [1.807, 2.05) is 16.5 Å². The second-order valence-corrected chi connectivity index (χ2v) is 5.08. The molecule has 104 valence electrons. The summed E-state index contributed by atoms with van der Waals surface area (Å²) in [4.78, 5) is 22.2. The molecular formula is C15H13N5O. The number of imidazole rings is 1.